The van der Waals surface area contributed by atoms with Crippen LogP contribution in [0.4, 0.5) is 5.82 Å². The summed E-state index contributed by atoms with van der Waals surface area (Å²) >= 11 is 0. The van der Waals surface area contributed by atoms with Crippen molar-refractivity contribution in [3.8, 4) is 5.69 Å². The lowest BCUT2D eigenvalue weighted by Gasteiger charge is -2.38. The first-order valence-electron chi connectivity index (χ1n) is 10.0. The number of benzene rings is 1. The minimum Gasteiger partial charge on any atom is -0.348 e. The quantitative estimate of drug-likeness (QED) is 0.683. The molecule has 3 heterocycles. The predicted molar refractivity (Wildman–Crippen MR) is 112 cm³/mol. The van der Waals surface area contributed by atoms with Gasteiger partial charge in [-0.15, -0.1) is 0 Å². The summed E-state index contributed by atoms with van der Waals surface area (Å²) in [7, 11) is 0. The number of nitrogens with zero attached hydrogens (tertiary/aromatic N) is 3. The molecule has 0 amide bonds. The number of fused-ring (bicyclic) bond motifs is 1. The van der Waals surface area contributed by atoms with Crippen molar-refractivity contribution in [2.45, 2.75) is 46.5 Å². The van der Waals surface area contributed by atoms with Crippen LogP contribution < -0.4 is 5.32 Å². The van der Waals surface area contributed by atoms with Crippen molar-refractivity contribution in [3.05, 3.63) is 70.6 Å². The van der Waals surface area contributed by atoms with E-state index in [-0.39, 0.29) is 17.1 Å². The number of hydrogen-bond donors (Lipinski definition) is 2. The Labute approximate surface area is 170 Å². The molecule has 1 atom stereocenters. The molecular weight excluding hydrogens is 362 g/mol. The van der Waals surface area contributed by atoms with Gasteiger partial charge in [-0.3, -0.25) is 4.79 Å². The number of Topliss-reactive ketones (excluding diaryl/α,β-unsaturated/α-hetero) is 1. The van der Waals surface area contributed by atoms with E-state index in [4.69, 9.17) is 5.10 Å². The van der Waals surface area contributed by atoms with E-state index in [0.717, 1.165) is 46.3 Å². The Morgan fingerprint density at radius 1 is 1.14 bits per heavy atom. The smallest absolute Gasteiger partial charge is 0.162 e. The van der Waals surface area contributed by atoms with Gasteiger partial charge in [-0.1, -0.05) is 31.5 Å². The average Bonchev–Trinajstić information content (AvgIpc) is 3.28. The maximum absolute atomic E-state index is 13.2. The van der Waals surface area contributed by atoms with Gasteiger partial charge in [0.2, 0.25) is 0 Å². The van der Waals surface area contributed by atoms with Gasteiger partial charge in [-0.05, 0) is 37.8 Å². The predicted octanol–water partition coefficient (Wildman–Crippen LogP) is 4.41. The Hall–Kier alpha value is -3.15. The van der Waals surface area contributed by atoms with E-state index in [0.29, 0.717) is 6.42 Å². The monoisotopic (exact) mass is 387 g/mol. The van der Waals surface area contributed by atoms with Gasteiger partial charge in [0.25, 0.3) is 0 Å². The van der Waals surface area contributed by atoms with Crippen LogP contribution in [0, 0.1) is 19.3 Å². The van der Waals surface area contributed by atoms with Crippen LogP contribution >= 0.6 is 0 Å². The van der Waals surface area contributed by atoms with Gasteiger partial charge >= 0.3 is 0 Å². The summed E-state index contributed by atoms with van der Waals surface area (Å²) in [6.07, 6.45) is 4.93. The lowest BCUT2D eigenvalue weighted by molar-refractivity contribution is -0.118. The van der Waals surface area contributed by atoms with E-state index in [1.165, 1.54) is 5.56 Å². The molecule has 6 nitrogen and oxygen atoms in total. The fraction of sp³-hybridized carbons (Fsp3) is 0.348. The highest BCUT2D eigenvalue weighted by atomic mass is 16.1. The van der Waals surface area contributed by atoms with E-state index >= 15 is 0 Å². The van der Waals surface area contributed by atoms with Gasteiger partial charge in [0.05, 0.1) is 17.3 Å². The summed E-state index contributed by atoms with van der Waals surface area (Å²) in [5.41, 5.74) is 5.88. The molecule has 2 N–H and O–H groups in total. The highest BCUT2D eigenvalue weighted by Crippen LogP contribution is 2.49. The highest BCUT2D eigenvalue weighted by Gasteiger charge is 2.43. The van der Waals surface area contributed by atoms with E-state index in [2.05, 4.69) is 60.3 Å². The number of aromatic amines is 1. The number of allylic oxidation sites excluding steroid dienone is 2. The molecule has 2 aliphatic rings. The van der Waals surface area contributed by atoms with Gasteiger partial charge in [0.1, 0.15) is 11.6 Å². The van der Waals surface area contributed by atoms with Crippen LogP contribution in [0.25, 0.3) is 5.69 Å². The van der Waals surface area contributed by atoms with Crippen molar-refractivity contribution in [2.24, 2.45) is 5.41 Å². The molecule has 1 unspecified atom stereocenters. The Balaban J connectivity index is 1.74. The number of aryl methyl sites for hydroxylation is 2. The normalized spacial score (nSPS) is 20.3. The molecule has 0 spiro atoms. The summed E-state index contributed by atoms with van der Waals surface area (Å²) in [6, 6.07) is 8.32. The number of anilines is 1. The third kappa shape index (κ3) is 2.82. The first-order chi connectivity index (χ1) is 13.8. The van der Waals surface area contributed by atoms with Gasteiger partial charge in [-0.2, -0.15) is 5.10 Å². The van der Waals surface area contributed by atoms with E-state index < -0.39 is 0 Å². The molecule has 5 rings (SSSR count). The van der Waals surface area contributed by atoms with E-state index in [1.807, 2.05) is 17.8 Å². The highest BCUT2D eigenvalue weighted by molar-refractivity contribution is 6.01. The molecule has 3 aromatic rings. The van der Waals surface area contributed by atoms with Crippen LogP contribution in [0.15, 0.2) is 47.9 Å². The number of hydrogen-bond acceptors (Lipinski definition) is 4. The summed E-state index contributed by atoms with van der Waals surface area (Å²) in [6.45, 7) is 8.38. The minimum atomic E-state index is -0.223. The number of aromatic nitrogens is 4. The standard InChI is InChI=1S/C23H25N5O/c1-13-5-7-15(8-6-13)28-22-18(14(2)27-28)20(21-24-9-10-25-21)19-16(26-22)11-23(3,4)12-17(19)29/h5-10,20,26H,11-12H2,1-4H3,(H,24,25). The topological polar surface area (TPSA) is 75.6 Å². The summed E-state index contributed by atoms with van der Waals surface area (Å²) in [5, 5.41) is 8.44. The first kappa shape index (κ1) is 17.9. The number of imidazole rings is 1. The minimum absolute atomic E-state index is 0.0715. The molecule has 1 aliphatic carbocycles. The lowest BCUT2D eigenvalue weighted by Crippen LogP contribution is -2.34. The molecule has 0 bridgehead atoms. The molecule has 2 aromatic heterocycles. The molecule has 6 heteroatoms. The lowest BCUT2D eigenvalue weighted by atomic mass is 9.70. The zero-order chi connectivity index (χ0) is 20.3. The SMILES string of the molecule is Cc1ccc(-n2nc(C)c3c2NC2=C(C(=O)CC(C)(C)C2)C3c2ncc[nH]2)cc1. The first-order valence-corrected chi connectivity index (χ1v) is 10.0. The van der Waals surface area contributed by atoms with Crippen LogP contribution in [0.2, 0.25) is 0 Å². The number of H-pyrrole nitrogens is 1. The van der Waals surface area contributed by atoms with E-state index in [1.54, 1.807) is 6.20 Å². The van der Waals surface area contributed by atoms with E-state index in [9.17, 15) is 4.79 Å². The molecule has 148 valence electrons. The number of nitrogens with one attached hydrogen (secondary N) is 2. The zero-order valence-electron chi connectivity index (χ0n) is 17.2. The van der Waals surface area contributed by atoms with Crippen molar-refractivity contribution in [1.29, 1.82) is 0 Å². The molecule has 0 fully saturated rings. The Bertz CT molecular complexity index is 1130. The second-order valence-electron chi connectivity index (χ2n) is 8.96. The van der Waals surface area contributed by atoms with Gasteiger partial charge in [0.15, 0.2) is 5.78 Å². The second-order valence-corrected chi connectivity index (χ2v) is 8.96. The van der Waals surface area contributed by atoms with Crippen molar-refractivity contribution in [3.63, 3.8) is 0 Å². The maximum atomic E-state index is 13.2. The van der Waals surface area contributed by atoms with Crippen LogP contribution in [0.5, 0.6) is 0 Å². The maximum Gasteiger partial charge on any atom is 0.162 e. The zero-order valence-corrected chi connectivity index (χ0v) is 17.2. The summed E-state index contributed by atoms with van der Waals surface area (Å²) in [5.74, 6) is 1.69. The number of carbonyl (C=O) groups is 1. The second kappa shape index (κ2) is 6.17. The summed E-state index contributed by atoms with van der Waals surface area (Å²) in [4.78, 5) is 21.0. The summed E-state index contributed by atoms with van der Waals surface area (Å²) < 4.78 is 1.95. The third-order valence-electron chi connectivity index (χ3n) is 5.94. The van der Waals surface area contributed by atoms with Gasteiger partial charge in [0, 0.05) is 35.6 Å². The van der Waals surface area contributed by atoms with Crippen molar-refractivity contribution in [2.75, 3.05) is 5.32 Å². The Morgan fingerprint density at radius 3 is 2.59 bits per heavy atom. The van der Waals surface area contributed by atoms with Gasteiger partial charge < -0.3 is 10.3 Å². The number of rotatable bonds is 2. The number of carbonyl (C=O) groups excluding carboxylic acids is 1. The third-order valence-corrected chi connectivity index (χ3v) is 5.94. The Kier molecular flexibility index (Phi) is 3.81. The average molecular weight is 387 g/mol. The molecular formula is C23H25N5O. The van der Waals surface area contributed by atoms with Crippen LogP contribution in [-0.4, -0.2) is 25.5 Å². The number of ketones is 1. The van der Waals surface area contributed by atoms with Gasteiger partial charge in [-0.25, -0.2) is 9.67 Å². The van der Waals surface area contributed by atoms with Crippen molar-refractivity contribution in [1.82, 2.24) is 19.7 Å². The fourth-order valence-electron chi connectivity index (χ4n) is 4.66. The molecule has 1 aliphatic heterocycles. The van der Waals surface area contributed by atoms with Crippen LogP contribution in [-0.2, 0) is 4.79 Å². The van der Waals surface area contributed by atoms with Crippen molar-refractivity contribution >= 4 is 11.6 Å². The Morgan fingerprint density at radius 2 is 1.90 bits per heavy atom. The molecule has 0 saturated heterocycles. The molecule has 0 saturated carbocycles. The van der Waals surface area contributed by atoms with Crippen LogP contribution in [0.3, 0.4) is 0 Å². The van der Waals surface area contributed by atoms with Crippen molar-refractivity contribution < 1.29 is 4.79 Å². The largest absolute Gasteiger partial charge is 0.348 e. The molecule has 1 aromatic carbocycles. The fourth-order valence-corrected chi connectivity index (χ4v) is 4.66. The van der Waals surface area contributed by atoms with Crippen LogP contribution in [0.1, 0.15) is 55.3 Å². The molecule has 0 radical (unpaired) electrons. The molecule has 29 heavy (non-hydrogen) atoms.